The van der Waals surface area contributed by atoms with E-state index in [1.807, 2.05) is 24.0 Å². The highest BCUT2D eigenvalue weighted by Gasteiger charge is 2.21. The van der Waals surface area contributed by atoms with Gasteiger partial charge in [-0.1, -0.05) is 6.92 Å². The molecule has 3 amide bonds. The summed E-state index contributed by atoms with van der Waals surface area (Å²) in [7, 11) is 0. The van der Waals surface area contributed by atoms with Gasteiger partial charge in [0.05, 0.1) is 6.54 Å². The molecule has 1 saturated heterocycles. The fourth-order valence-electron chi connectivity index (χ4n) is 3.48. The van der Waals surface area contributed by atoms with E-state index >= 15 is 0 Å². The maximum Gasteiger partial charge on any atom is 0.253 e. The molecule has 3 N–H and O–H groups in total. The average molecular weight is 423 g/mol. The Kier molecular flexibility index (Phi) is 7.65. The molecule has 0 radical (unpaired) electrons. The lowest BCUT2D eigenvalue weighted by atomic mass is 9.98. The highest BCUT2D eigenvalue weighted by atomic mass is 16.2. The molecule has 2 aromatic rings. The first-order valence-electron chi connectivity index (χ1n) is 10.8. The zero-order chi connectivity index (χ0) is 22.2. The number of hydrogen-bond donors (Lipinski definition) is 3. The first kappa shape index (κ1) is 22.3. The van der Waals surface area contributed by atoms with Gasteiger partial charge in [-0.15, -0.1) is 0 Å². The standard InChI is InChI=1S/C24H30N4O3/c1-3-25-23(30)18-4-10-21(11-5-18)27-22(29)16-26-20-8-6-19(7-9-20)24(31)28-14-12-17(2)13-15-28/h4-11,17,26H,3,12-16H2,1-2H3,(H,25,30)(H,27,29). The van der Waals surface area contributed by atoms with Crippen molar-refractivity contribution in [3.8, 4) is 0 Å². The van der Waals surface area contributed by atoms with Gasteiger partial charge in [0.2, 0.25) is 5.91 Å². The van der Waals surface area contributed by atoms with Crippen molar-refractivity contribution in [1.29, 1.82) is 0 Å². The molecule has 3 rings (SSSR count). The molecular weight excluding hydrogens is 392 g/mol. The monoisotopic (exact) mass is 422 g/mol. The molecule has 0 aromatic heterocycles. The smallest absolute Gasteiger partial charge is 0.253 e. The predicted octanol–water partition coefficient (Wildman–Crippen LogP) is 3.36. The van der Waals surface area contributed by atoms with E-state index in [-0.39, 0.29) is 24.3 Å². The molecule has 0 atom stereocenters. The van der Waals surface area contributed by atoms with Gasteiger partial charge in [-0.3, -0.25) is 14.4 Å². The van der Waals surface area contributed by atoms with Crippen molar-refractivity contribution < 1.29 is 14.4 Å². The summed E-state index contributed by atoms with van der Waals surface area (Å²) in [6.07, 6.45) is 2.10. The van der Waals surface area contributed by atoms with E-state index in [2.05, 4.69) is 22.9 Å². The molecule has 0 saturated carbocycles. The van der Waals surface area contributed by atoms with E-state index in [0.29, 0.717) is 29.3 Å². The largest absolute Gasteiger partial charge is 0.376 e. The van der Waals surface area contributed by atoms with Gasteiger partial charge < -0.3 is 20.9 Å². The topological polar surface area (TPSA) is 90.5 Å². The van der Waals surface area contributed by atoms with Crippen molar-refractivity contribution in [3.05, 3.63) is 59.7 Å². The zero-order valence-corrected chi connectivity index (χ0v) is 18.1. The predicted molar refractivity (Wildman–Crippen MR) is 122 cm³/mol. The highest BCUT2D eigenvalue weighted by Crippen LogP contribution is 2.19. The van der Waals surface area contributed by atoms with Gasteiger partial charge in [-0.2, -0.15) is 0 Å². The number of nitrogens with zero attached hydrogens (tertiary/aromatic N) is 1. The van der Waals surface area contributed by atoms with Gasteiger partial charge in [0.1, 0.15) is 0 Å². The number of hydrogen-bond acceptors (Lipinski definition) is 4. The van der Waals surface area contributed by atoms with Crippen LogP contribution in [0.5, 0.6) is 0 Å². The second-order valence-electron chi connectivity index (χ2n) is 7.89. The number of amides is 3. The van der Waals surface area contributed by atoms with Crippen molar-refractivity contribution in [2.75, 3.05) is 36.8 Å². The van der Waals surface area contributed by atoms with Crippen LogP contribution in [0.2, 0.25) is 0 Å². The highest BCUT2D eigenvalue weighted by molar-refractivity contribution is 5.97. The summed E-state index contributed by atoms with van der Waals surface area (Å²) >= 11 is 0. The van der Waals surface area contributed by atoms with Crippen LogP contribution in [0.25, 0.3) is 0 Å². The summed E-state index contributed by atoms with van der Waals surface area (Å²) in [4.78, 5) is 38.5. The molecule has 0 unspecified atom stereocenters. The Morgan fingerprint density at radius 2 is 1.48 bits per heavy atom. The Labute approximate surface area is 183 Å². The van der Waals surface area contributed by atoms with Gasteiger partial charge in [-0.25, -0.2) is 0 Å². The number of carbonyl (C=O) groups is 3. The van der Waals surface area contributed by atoms with Gasteiger partial charge in [0.15, 0.2) is 0 Å². The molecule has 31 heavy (non-hydrogen) atoms. The number of piperidine rings is 1. The minimum Gasteiger partial charge on any atom is -0.376 e. The molecule has 1 heterocycles. The summed E-state index contributed by atoms with van der Waals surface area (Å²) in [5.41, 5.74) is 2.60. The summed E-state index contributed by atoms with van der Waals surface area (Å²) in [6, 6.07) is 14.0. The van der Waals surface area contributed by atoms with Crippen molar-refractivity contribution in [3.63, 3.8) is 0 Å². The van der Waals surface area contributed by atoms with E-state index in [9.17, 15) is 14.4 Å². The fraction of sp³-hybridized carbons (Fsp3) is 0.375. The lowest BCUT2D eigenvalue weighted by molar-refractivity contribution is -0.114. The van der Waals surface area contributed by atoms with E-state index < -0.39 is 0 Å². The van der Waals surface area contributed by atoms with Crippen LogP contribution in [0.15, 0.2) is 48.5 Å². The summed E-state index contributed by atoms with van der Waals surface area (Å²) in [6.45, 7) is 6.36. The van der Waals surface area contributed by atoms with Crippen molar-refractivity contribution >= 4 is 29.1 Å². The molecule has 0 aliphatic carbocycles. The Hall–Kier alpha value is -3.35. The van der Waals surface area contributed by atoms with Crippen LogP contribution < -0.4 is 16.0 Å². The van der Waals surface area contributed by atoms with Gasteiger partial charge in [0.25, 0.3) is 11.8 Å². The van der Waals surface area contributed by atoms with Crippen LogP contribution in [0.4, 0.5) is 11.4 Å². The SMILES string of the molecule is CCNC(=O)c1ccc(NC(=O)CNc2ccc(C(=O)N3CCC(C)CC3)cc2)cc1. The summed E-state index contributed by atoms with van der Waals surface area (Å²) in [5.74, 6) is 0.402. The van der Waals surface area contributed by atoms with Crippen LogP contribution >= 0.6 is 0 Å². The van der Waals surface area contributed by atoms with Crippen LogP contribution in [0.3, 0.4) is 0 Å². The Morgan fingerprint density at radius 3 is 2.10 bits per heavy atom. The van der Waals surface area contributed by atoms with Crippen LogP contribution in [-0.4, -0.2) is 48.8 Å². The molecule has 164 valence electrons. The third-order valence-corrected chi connectivity index (χ3v) is 5.42. The lowest BCUT2D eigenvalue weighted by Gasteiger charge is -2.30. The second kappa shape index (κ2) is 10.6. The number of likely N-dealkylation sites (tertiary alicyclic amines) is 1. The molecular formula is C24H30N4O3. The van der Waals surface area contributed by atoms with Gasteiger partial charge in [0, 0.05) is 42.1 Å². The van der Waals surface area contributed by atoms with Crippen molar-refractivity contribution in [1.82, 2.24) is 10.2 Å². The molecule has 1 aliphatic rings. The molecule has 7 nitrogen and oxygen atoms in total. The average Bonchev–Trinajstić information content (AvgIpc) is 2.79. The van der Waals surface area contributed by atoms with Crippen molar-refractivity contribution in [2.24, 2.45) is 5.92 Å². The Bertz CT molecular complexity index is 901. The third kappa shape index (κ3) is 6.31. The summed E-state index contributed by atoms with van der Waals surface area (Å²) < 4.78 is 0. The molecule has 1 fully saturated rings. The van der Waals surface area contributed by atoms with E-state index in [1.54, 1.807) is 36.4 Å². The van der Waals surface area contributed by atoms with Gasteiger partial charge >= 0.3 is 0 Å². The van der Waals surface area contributed by atoms with E-state index in [1.165, 1.54) is 0 Å². The van der Waals surface area contributed by atoms with E-state index in [4.69, 9.17) is 0 Å². The first-order chi connectivity index (χ1) is 15.0. The van der Waals surface area contributed by atoms with Gasteiger partial charge in [-0.05, 0) is 74.2 Å². The third-order valence-electron chi connectivity index (χ3n) is 5.42. The number of benzene rings is 2. The quantitative estimate of drug-likeness (QED) is 0.638. The molecule has 2 aromatic carbocycles. The molecule has 0 spiro atoms. The minimum absolute atomic E-state index is 0.0623. The maximum atomic E-state index is 12.6. The lowest BCUT2D eigenvalue weighted by Crippen LogP contribution is -2.37. The Balaban J connectivity index is 1.47. The number of rotatable bonds is 7. The number of carbonyl (C=O) groups excluding carboxylic acids is 3. The number of nitrogens with one attached hydrogen (secondary N) is 3. The van der Waals surface area contributed by atoms with Crippen LogP contribution in [-0.2, 0) is 4.79 Å². The minimum atomic E-state index is -0.201. The first-order valence-corrected chi connectivity index (χ1v) is 10.8. The molecule has 1 aliphatic heterocycles. The summed E-state index contributed by atoms with van der Waals surface area (Å²) in [5, 5.41) is 8.59. The fourth-order valence-corrected chi connectivity index (χ4v) is 3.48. The molecule has 0 bridgehead atoms. The van der Waals surface area contributed by atoms with E-state index in [0.717, 1.165) is 31.6 Å². The second-order valence-corrected chi connectivity index (χ2v) is 7.89. The normalized spacial score (nSPS) is 14.1. The van der Waals surface area contributed by atoms with Crippen LogP contribution in [0, 0.1) is 5.92 Å². The van der Waals surface area contributed by atoms with Crippen molar-refractivity contribution in [2.45, 2.75) is 26.7 Å². The van der Waals surface area contributed by atoms with Crippen LogP contribution in [0.1, 0.15) is 47.4 Å². The number of anilines is 2. The zero-order valence-electron chi connectivity index (χ0n) is 18.1. The maximum absolute atomic E-state index is 12.6. The molecule has 7 heteroatoms. The Morgan fingerprint density at radius 1 is 0.903 bits per heavy atom.